The normalized spacial score (nSPS) is 19.4. The van der Waals surface area contributed by atoms with Gasteiger partial charge in [-0.2, -0.15) is 0 Å². The van der Waals surface area contributed by atoms with Crippen molar-refractivity contribution in [1.82, 2.24) is 4.90 Å². The van der Waals surface area contributed by atoms with Crippen LogP contribution in [0.5, 0.6) is 5.75 Å². The minimum Gasteiger partial charge on any atom is -0.530 e. The second-order valence-corrected chi connectivity index (χ2v) is 7.37. The summed E-state index contributed by atoms with van der Waals surface area (Å²) < 4.78 is 19.4. The van der Waals surface area contributed by atoms with Crippen molar-refractivity contribution in [2.45, 2.75) is 25.0 Å². The molecule has 2 unspecified atom stereocenters. The molecule has 3 aromatic rings. The zero-order valence-electron chi connectivity index (χ0n) is 15.8. The van der Waals surface area contributed by atoms with Gasteiger partial charge in [0.05, 0.1) is 12.7 Å². The first-order valence-corrected chi connectivity index (χ1v) is 9.54. The highest BCUT2D eigenvalue weighted by Gasteiger charge is 2.31. The number of ether oxygens (including phenoxy) is 1. The molecule has 6 heteroatoms. The molecule has 0 bridgehead atoms. The molecule has 1 amide bonds. The van der Waals surface area contributed by atoms with Crippen molar-refractivity contribution in [1.29, 1.82) is 0 Å². The van der Waals surface area contributed by atoms with Gasteiger partial charge in [0.25, 0.3) is 0 Å². The van der Waals surface area contributed by atoms with Crippen molar-refractivity contribution in [2.24, 2.45) is 0 Å². The number of benzene rings is 3. The molecule has 4 rings (SSSR count). The van der Waals surface area contributed by atoms with Gasteiger partial charge in [-0.1, -0.05) is 30.3 Å². The summed E-state index contributed by atoms with van der Waals surface area (Å²) in [5.74, 6) is -0.141. The highest BCUT2D eigenvalue weighted by molar-refractivity contribution is 5.84. The molecule has 2 atom stereocenters. The maximum Gasteiger partial charge on any atom is 0.137 e. The number of hydrogen-bond donors (Lipinski definition) is 1. The van der Waals surface area contributed by atoms with Gasteiger partial charge in [-0.15, -0.1) is 0 Å². The summed E-state index contributed by atoms with van der Waals surface area (Å²) in [7, 11) is 0. The predicted molar refractivity (Wildman–Crippen MR) is 105 cm³/mol. The van der Waals surface area contributed by atoms with E-state index in [0.29, 0.717) is 19.6 Å². The van der Waals surface area contributed by atoms with Crippen LogP contribution >= 0.6 is 0 Å². The van der Waals surface area contributed by atoms with Crippen molar-refractivity contribution >= 4 is 16.9 Å². The van der Waals surface area contributed by atoms with Crippen molar-refractivity contribution in [3.05, 3.63) is 77.6 Å². The summed E-state index contributed by atoms with van der Waals surface area (Å²) >= 11 is 0. The molecule has 0 radical (unpaired) electrons. The minimum absolute atomic E-state index is 0.0318. The summed E-state index contributed by atoms with van der Waals surface area (Å²) in [6.45, 7) is 0.868. The van der Waals surface area contributed by atoms with E-state index in [1.807, 2.05) is 24.3 Å². The van der Waals surface area contributed by atoms with Gasteiger partial charge in [-0.25, -0.2) is 4.39 Å². The molecule has 5 nitrogen and oxygen atoms in total. The quantitative estimate of drug-likeness (QED) is 0.736. The van der Waals surface area contributed by atoms with E-state index in [-0.39, 0.29) is 30.1 Å². The highest BCUT2D eigenvalue weighted by atomic mass is 19.1. The molecule has 1 fully saturated rings. The average molecular weight is 394 g/mol. The van der Waals surface area contributed by atoms with Crippen LogP contribution in [0, 0.1) is 5.82 Å². The van der Waals surface area contributed by atoms with Gasteiger partial charge in [0.15, 0.2) is 0 Å². The first kappa shape index (κ1) is 19.2. The molecule has 0 aromatic heterocycles. The Morgan fingerprint density at radius 1 is 1.10 bits per heavy atom. The van der Waals surface area contributed by atoms with Gasteiger partial charge in [0.2, 0.25) is 0 Å². The van der Waals surface area contributed by atoms with Crippen LogP contribution in [0.1, 0.15) is 23.5 Å². The van der Waals surface area contributed by atoms with Crippen LogP contribution in [-0.2, 0) is 11.3 Å². The Labute approximate surface area is 168 Å². The lowest BCUT2D eigenvalue weighted by molar-refractivity contribution is -0.268. The number of carboxylic acid groups (broad SMARTS) is 1. The summed E-state index contributed by atoms with van der Waals surface area (Å²) in [6, 6.07) is 17.3. The number of carbonyl (C=O) groups excluding carboxylic acids is 1. The Bertz CT molecular complexity index is 1020. The number of fused-ring (bicyclic) bond motifs is 1. The van der Waals surface area contributed by atoms with Crippen LogP contribution in [-0.4, -0.2) is 35.3 Å². The summed E-state index contributed by atoms with van der Waals surface area (Å²) in [5, 5.41) is 22.9. The smallest absolute Gasteiger partial charge is 0.137 e. The van der Waals surface area contributed by atoms with E-state index >= 15 is 0 Å². The van der Waals surface area contributed by atoms with Crippen molar-refractivity contribution < 1.29 is 24.1 Å². The van der Waals surface area contributed by atoms with Crippen LogP contribution < -0.4 is 5.11 Å². The third-order valence-electron chi connectivity index (χ3n) is 5.47. The molecule has 1 aliphatic rings. The molecule has 0 saturated carbocycles. The molecule has 1 saturated heterocycles. The van der Waals surface area contributed by atoms with Gasteiger partial charge >= 0.3 is 0 Å². The number of aromatic hydroxyl groups is 1. The number of likely N-dealkylation sites (tertiary alicyclic amines) is 1. The standard InChI is InChI=1S/C23H22FNO4/c24-19-6-3-17(4-7-19)21-9-10-25(23(27)28)13-22(21)29-14-15-1-2-16-5-8-20(26)12-18(16)11-15/h1-8,11-12,21-22,26H,9-10,13-14H2,(H,27,28)/p-1. The number of amides is 1. The van der Waals surface area contributed by atoms with Crippen LogP contribution in [0.2, 0.25) is 0 Å². The summed E-state index contributed by atoms with van der Waals surface area (Å²) in [5.41, 5.74) is 1.85. The molecule has 3 aromatic carbocycles. The minimum atomic E-state index is -1.21. The molecule has 1 aliphatic heterocycles. The van der Waals surface area contributed by atoms with Crippen LogP contribution in [0.3, 0.4) is 0 Å². The number of phenolic OH excluding ortho intramolecular Hbond substituents is 1. The van der Waals surface area contributed by atoms with E-state index in [1.54, 1.807) is 24.3 Å². The molecule has 0 spiro atoms. The second-order valence-electron chi connectivity index (χ2n) is 7.37. The van der Waals surface area contributed by atoms with Crippen molar-refractivity contribution in [3.63, 3.8) is 0 Å². The van der Waals surface area contributed by atoms with Crippen molar-refractivity contribution in [3.8, 4) is 5.75 Å². The SMILES string of the molecule is O=C([O-])N1CCC(c2ccc(F)cc2)C(OCc2ccc3ccc(O)cc3c2)C1. The number of carbonyl (C=O) groups is 1. The number of piperidine rings is 1. The second kappa shape index (κ2) is 8.09. The monoisotopic (exact) mass is 394 g/mol. The van der Waals surface area contributed by atoms with E-state index in [9.17, 15) is 19.4 Å². The fourth-order valence-corrected chi connectivity index (χ4v) is 3.92. The number of phenols is 1. The van der Waals surface area contributed by atoms with E-state index in [0.717, 1.165) is 21.9 Å². The summed E-state index contributed by atoms with van der Waals surface area (Å²) in [4.78, 5) is 12.6. The Hall–Kier alpha value is -3.12. The van der Waals surface area contributed by atoms with Crippen molar-refractivity contribution in [2.75, 3.05) is 13.1 Å². The Morgan fingerprint density at radius 3 is 2.62 bits per heavy atom. The number of hydrogen-bond acceptors (Lipinski definition) is 4. The lowest BCUT2D eigenvalue weighted by atomic mass is 9.87. The molecular formula is C23H21FNO4-. The maximum absolute atomic E-state index is 13.3. The zero-order chi connectivity index (χ0) is 20.4. The van der Waals surface area contributed by atoms with Crippen LogP contribution in [0.25, 0.3) is 10.8 Å². The molecule has 0 aliphatic carbocycles. The van der Waals surface area contributed by atoms with Crippen LogP contribution in [0.4, 0.5) is 9.18 Å². The van der Waals surface area contributed by atoms with E-state index in [4.69, 9.17) is 4.74 Å². The topological polar surface area (TPSA) is 72.8 Å². The molecular weight excluding hydrogens is 373 g/mol. The van der Waals surface area contributed by atoms with E-state index in [2.05, 4.69) is 0 Å². The molecule has 29 heavy (non-hydrogen) atoms. The van der Waals surface area contributed by atoms with E-state index in [1.165, 1.54) is 17.0 Å². The Kier molecular flexibility index (Phi) is 5.36. The summed E-state index contributed by atoms with van der Waals surface area (Å²) in [6.07, 6.45) is -1.00. The Balaban J connectivity index is 1.53. The lowest BCUT2D eigenvalue weighted by Crippen LogP contribution is -2.51. The number of halogens is 1. The molecule has 1 N–H and O–H groups in total. The molecule has 1 heterocycles. The van der Waals surface area contributed by atoms with E-state index < -0.39 is 6.09 Å². The van der Waals surface area contributed by atoms with Gasteiger partial charge in [0.1, 0.15) is 17.7 Å². The molecule has 150 valence electrons. The first-order chi connectivity index (χ1) is 14.0. The fraction of sp³-hybridized carbons (Fsp3) is 0.261. The zero-order valence-corrected chi connectivity index (χ0v) is 15.8. The Morgan fingerprint density at radius 2 is 1.86 bits per heavy atom. The van der Waals surface area contributed by atoms with Gasteiger partial charge in [-0.05, 0) is 58.7 Å². The van der Waals surface area contributed by atoms with Gasteiger partial charge in [0, 0.05) is 19.0 Å². The van der Waals surface area contributed by atoms with Crippen LogP contribution in [0.15, 0.2) is 60.7 Å². The van der Waals surface area contributed by atoms with Gasteiger partial charge in [-0.3, -0.25) is 0 Å². The fourth-order valence-electron chi connectivity index (χ4n) is 3.92. The maximum atomic E-state index is 13.3. The predicted octanol–water partition coefficient (Wildman–Crippen LogP) is 3.40. The highest BCUT2D eigenvalue weighted by Crippen LogP contribution is 2.31. The number of rotatable bonds is 4. The lowest BCUT2D eigenvalue weighted by Gasteiger charge is -2.40. The third-order valence-corrected chi connectivity index (χ3v) is 5.47. The number of nitrogens with zero attached hydrogens (tertiary/aromatic N) is 1. The third kappa shape index (κ3) is 4.32. The van der Waals surface area contributed by atoms with Gasteiger partial charge < -0.3 is 24.6 Å². The average Bonchev–Trinajstić information content (AvgIpc) is 2.72. The largest absolute Gasteiger partial charge is 0.530 e. The first-order valence-electron chi connectivity index (χ1n) is 9.54.